The SMILES string of the molecule is C[C@H]1c2cccn2CCN1c1ncnc2c1oc1ccccc12. The zero-order chi connectivity index (χ0) is 15.4. The number of para-hydroxylation sites is 1. The third-order valence-electron chi connectivity index (χ3n) is 4.75. The molecule has 114 valence electrons. The molecule has 3 aromatic heterocycles. The van der Waals surface area contributed by atoms with Gasteiger partial charge in [-0.05, 0) is 31.2 Å². The normalized spacial score (nSPS) is 17.8. The van der Waals surface area contributed by atoms with Gasteiger partial charge in [0.25, 0.3) is 0 Å². The van der Waals surface area contributed by atoms with Crippen LogP contribution >= 0.6 is 0 Å². The third-order valence-corrected chi connectivity index (χ3v) is 4.75. The topological polar surface area (TPSA) is 47.1 Å². The first-order valence-corrected chi connectivity index (χ1v) is 7.87. The van der Waals surface area contributed by atoms with Crippen LogP contribution in [0.3, 0.4) is 0 Å². The van der Waals surface area contributed by atoms with Crippen LogP contribution in [0.4, 0.5) is 5.82 Å². The second-order valence-corrected chi connectivity index (χ2v) is 5.97. The molecule has 0 saturated carbocycles. The van der Waals surface area contributed by atoms with E-state index in [0.717, 1.165) is 41.0 Å². The van der Waals surface area contributed by atoms with Gasteiger partial charge >= 0.3 is 0 Å². The van der Waals surface area contributed by atoms with Crippen molar-refractivity contribution in [2.24, 2.45) is 0 Å². The molecule has 1 aliphatic heterocycles. The van der Waals surface area contributed by atoms with Gasteiger partial charge in [0.1, 0.15) is 17.4 Å². The van der Waals surface area contributed by atoms with E-state index in [1.807, 2.05) is 24.3 Å². The Hall–Kier alpha value is -2.82. The Bertz CT molecular complexity index is 1020. The van der Waals surface area contributed by atoms with Gasteiger partial charge in [-0.1, -0.05) is 12.1 Å². The highest BCUT2D eigenvalue weighted by atomic mass is 16.3. The van der Waals surface area contributed by atoms with Gasteiger partial charge in [-0.25, -0.2) is 9.97 Å². The lowest BCUT2D eigenvalue weighted by molar-refractivity contribution is 0.504. The maximum absolute atomic E-state index is 6.08. The first-order chi connectivity index (χ1) is 11.3. The highest BCUT2D eigenvalue weighted by molar-refractivity contribution is 6.05. The Kier molecular flexibility index (Phi) is 2.53. The number of nitrogens with zero attached hydrogens (tertiary/aromatic N) is 4. The van der Waals surface area contributed by atoms with Crippen LogP contribution in [0.25, 0.3) is 22.1 Å². The summed E-state index contributed by atoms with van der Waals surface area (Å²) >= 11 is 0. The second-order valence-electron chi connectivity index (χ2n) is 5.97. The summed E-state index contributed by atoms with van der Waals surface area (Å²) in [6, 6.07) is 12.5. The summed E-state index contributed by atoms with van der Waals surface area (Å²) in [6.45, 7) is 4.08. The van der Waals surface area contributed by atoms with Crippen molar-refractivity contribution in [1.29, 1.82) is 0 Å². The average molecular weight is 304 g/mol. The van der Waals surface area contributed by atoms with Crippen LogP contribution in [0.15, 0.2) is 53.3 Å². The Morgan fingerprint density at radius 3 is 2.96 bits per heavy atom. The molecule has 1 atom stereocenters. The van der Waals surface area contributed by atoms with Gasteiger partial charge in [0.2, 0.25) is 0 Å². The molecule has 23 heavy (non-hydrogen) atoms. The molecule has 0 saturated heterocycles. The van der Waals surface area contributed by atoms with Gasteiger partial charge in [-0.2, -0.15) is 0 Å². The number of hydrogen-bond donors (Lipinski definition) is 0. The minimum absolute atomic E-state index is 0.255. The number of hydrogen-bond acceptors (Lipinski definition) is 4. The number of rotatable bonds is 1. The molecule has 0 N–H and O–H groups in total. The number of furan rings is 1. The first kappa shape index (κ1) is 12.7. The fourth-order valence-electron chi connectivity index (χ4n) is 3.58. The highest BCUT2D eigenvalue weighted by Crippen LogP contribution is 2.36. The summed E-state index contributed by atoms with van der Waals surface area (Å²) in [5.41, 5.74) is 3.83. The molecule has 0 radical (unpaired) electrons. The van der Waals surface area contributed by atoms with Crippen LogP contribution in [-0.4, -0.2) is 21.1 Å². The summed E-state index contributed by atoms with van der Waals surface area (Å²) < 4.78 is 8.38. The lowest BCUT2D eigenvalue weighted by atomic mass is 10.1. The van der Waals surface area contributed by atoms with Crippen LogP contribution in [0, 0.1) is 0 Å². The fraction of sp³-hybridized carbons (Fsp3) is 0.222. The summed E-state index contributed by atoms with van der Waals surface area (Å²) in [4.78, 5) is 11.3. The second kappa shape index (κ2) is 4.59. The van der Waals surface area contributed by atoms with Crippen molar-refractivity contribution >= 4 is 27.9 Å². The maximum atomic E-state index is 6.08. The monoisotopic (exact) mass is 304 g/mol. The lowest BCUT2D eigenvalue weighted by Crippen LogP contribution is -2.37. The zero-order valence-corrected chi connectivity index (χ0v) is 12.8. The van der Waals surface area contributed by atoms with Gasteiger partial charge < -0.3 is 13.9 Å². The minimum atomic E-state index is 0.255. The summed E-state index contributed by atoms with van der Waals surface area (Å²) in [5, 5.41) is 1.04. The molecular formula is C18H16N4O. The molecule has 4 aromatic rings. The van der Waals surface area contributed by atoms with Crippen molar-refractivity contribution in [1.82, 2.24) is 14.5 Å². The van der Waals surface area contributed by atoms with E-state index in [0.29, 0.717) is 0 Å². The summed E-state index contributed by atoms with van der Waals surface area (Å²) in [5.74, 6) is 0.881. The predicted molar refractivity (Wildman–Crippen MR) is 89.5 cm³/mol. The van der Waals surface area contributed by atoms with Crippen molar-refractivity contribution in [2.45, 2.75) is 19.5 Å². The molecule has 1 aliphatic rings. The van der Waals surface area contributed by atoms with Crippen LogP contribution in [0.1, 0.15) is 18.7 Å². The van der Waals surface area contributed by atoms with Gasteiger partial charge in [0.05, 0.1) is 6.04 Å². The van der Waals surface area contributed by atoms with E-state index in [1.54, 1.807) is 6.33 Å². The van der Waals surface area contributed by atoms with Crippen molar-refractivity contribution in [3.8, 4) is 0 Å². The number of benzene rings is 1. The molecule has 5 heteroatoms. The van der Waals surface area contributed by atoms with E-state index in [4.69, 9.17) is 4.42 Å². The van der Waals surface area contributed by atoms with E-state index >= 15 is 0 Å². The molecule has 0 unspecified atom stereocenters. The molecule has 5 nitrogen and oxygen atoms in total. The number of anilines is 1. The Labute approximate surface area is 133 Å². The molecule has 0 spiro atoms. The molecule has 5 rings (SSSR count). The predicted octanol–water partition coefficient (Wildman–Crippen LogP) is 3.76. The molecule has 0 bridgehead atoms. The zero-order valence-electron chi connectivity index (χ0n) is 12.8. The molecule has 0 aliphatic carbocycles. The van der Waals surface area contributed by atoms with Crippen molar-refractivity contribution < 1.29 is 4.42 Å². The lowest BCUT2D eigenvalue weighted by Gasteiger charge is -2.35. The van der Waals surface area contributed by atoms with Crippen molar-refractivity contribution in [3.63, 3.8) is 0 Å². The highest BCUT2D eigenvalue weighted by Gasteiger charge is 2.27. The molecular weight excluding hydrogens is 288 g/mol. The Morgan fingerprint density at radius 1 is 1.09 bits per heavy atom. The standard InChI is InChI=1S/C18H16N4O/c1-12-14-6-4-8-21(14)9-10-22(12)18-17-16(19-11-20-18)13-5-2-3-7-15(13)23-17/h2-8,11-12H,9-10H2,1H3/t12-/m0/s1. The van der Waals surface area contributed by atoms with E-state index in [9.17, 15) is 0 Å². The van der Waals surface area contributed by atoms with E-state index in [2.05, 4.69) is 44.7 Å². The Balaban J connectivity index is 1.72. The maximum Gasteiger partial charge on any atom is 0.196 e. The number of fused-ring (bicyclic) bond motifs is 4. The average Bonchev–Trinajstić information content (AvgIpc) is 3.19. The molecule has 0 fully saturated rings. The summed E-state index contributed by atoms with van der Waals surface area (Å²) in [6.07, 6.45) is 3.78. The first-order valence-electron chi connectivity index (χ1n) is 7.87. The largest absolute Gasteiger partial charge is 0.450 e. The van der Waals surface area contributed by atoms with Crippen LogP contribution in [-0.2, 0) is 6.54 Å². The van der Waals surface area contributed by atoms with Crippen LogP contribution in [0.2, 0.25) is 0 Å². The Morgan fingerprint density at radius 2 is 2.00 bits per heavy atom. The van der Waals surface area contributed by atoms with Gasteiger partial charge in [-0.3, -0.25) is 0 Å². The molecule has 4 heterocycles. The fourth-order valence-corrected chi connectivity index (χ4v) is 3.58. The van der Waals surface area contributed by atoms with Gasteiger partial charge in [-0.15, -0.1) is 0 Å². The minimum Gasteiger partial charge on any atom is -0.450 e. The van der Waals surface area contributed by atoms with Gasteiger partial charge in [0, 0.05) is 30.4 Å². The van der Waals surface area contributed by atoms with E-state index < -0.39 is 0 Å². The van der Waals surface area contributed by atoms with Crippen LogP contribution in [0.5, 0.6) is 0 Å². The molecule has 1 aromatic carbocycles. The van der Waals surface area contributed by atoms with Crippen molar-refractivity contribution in [2.75, 3.05) is 11.4 Å². The quantitative estimate of drug-likeness (QED) is 0.537. The molecule has 0 amide bonds. The van der Waals surface area contributed by atoms with E-state index in [-0.39, 0.29) is 6.04 Å². The summed E-state index contributed by atoms with van der Waals surface area (Å²) in [7, 11) is 0. The third kappa shape index (κ3) is 1.73. The van der Waals surface area contributed by atoms with E-state index in [1.165, 1.54) is 5.69 Å². The van der Waals surface area contributed by atoms with Crippen molar-refractivity contribution in [3.05, 3.63) is 54.6 Å². The number of aromatic nitrogens is 3. The van der Waals surface area contributed by atoms with Gasteiger partial charge in [0.15, 0.2) is 11.4 Å². The van der Waals surface area contributed by atoms with Crippen LogP contribution < -0.4 is 4.90 Å². The smallest absolute Gasteiger partial charge is 0.196 e.